The van der Waals surface area contributed by atoms with Crippen LogP contribution >= 0.6 is 0 Å². The Kier molecular flexibility index (Phi) is 14.5. The number of ether oxygens (including phenoxy) is 8. The molecule has 2 aromatic carbocycles. The molecule has 0 aliphatic rings. The Morgan fingerprint density at radius 3 is 1.16 bits per heavy atom. The van der Waals surface area contributed by atoms with Gasteiger partial charge in [-0.1, -0.05) is 12.1 Å². The normalized spacial score (nSPS) is 11.2. The van der Waals surface area contributed by atoms with E-state index in [2.05, 4.69) is 0 Å². The van der Waals surface area contributed by atoms with Crippen molar-refractivity contribution in [1.29, 1.82) is 0 Å². The molecular weight excluding hydrogens is 416 g/mol. The van der Waals surface area contributed by atoms with E-state index in [4.69, 9.17) is 37.9 Å². The van der Waals surface area contributed by atoms with Gasteiger partial charge in [-0.25, -0.2) is 0 Å². The fraction of sp³-hybridized carbons (Fsp3) is 0.583. The molecule has 0 amide bonds. The standard InChI is InChI=1S/C24H36O8/c1-25-7-9-27-11-13-29-15-17-31-23-5-3-22-20-24(6-4-21(22)19-23)32-18-16-30-14-12-28-10-8-26-2/h3-6,19-20H,7-18H2,1-2H3. The zero-order valence-corrected chi connectivity index (χ0v) is 19.2. The van der Waals surface area contributed by atoms with Gasteiger partial charge in [0.25, 0.3) is 0 Å². The molecule has 0 N–H and O–H groups in total. The molecule has 0 bridgehead atoms. The van der Waals surface area contributed by atoms with Crippen LogP contribution in [0.5, 0.6) is 11.5 Å². The Bertz CT molecular complexity index is 663. The highest BCUT2D eigenvalue weighted by Gasteiger charge is 2.01. The molecule has 0 unspecified atom stereocenters. The van der Waals surface area contributed by atoms with Crippen LogP contribution in [0.15, 0.2) is 36.4 Å². The Balaban J connectivity index is 1.59. The average molecular weight is 453 g/mol. The monoisotopic (exact) mass is 452 g/mol. The molecule has 0 aliphatic carbocycles. The van der Waals surface area contributed by atoms with Crippen LogP contribution in [0.3, 0.4) is 0 Å². The predicted octanol–water partition coefficient (Wildman–Crippen LogP) is 2.96. The van der Waals surface area contributed by atoms with Crippen LogP contribution in [-0.2, 0) is 28.4 Å². The van der Waals surface area contributed by atoms with Crippen LogP contribution in [0.25, 0.3) is 10.8 Å². The van der Waals surface area contributed by atoms with E-state index in [0.29, 0.717) is 79.3 Å². The second-order valence-electron chi connectivity index (χ2n) is 6.80. The van der Waals surface area contributed by atoms with Gasteiger partial charge in [0.2, 0.25) is 0 Å². The number of methoxy groups -OCH3 is 2. The molecule has 0 atom stereocenters. The molecule has 8 nitrogen and oxygen atoms in total. The van der Waals surface area contributed by atoms with Crippen molar-refractivity contribution in [2.45, 2.75) is 0 Å². The smallest absolute Gasteiger partial charge is 0.120 e. The first-order chi connectivity index (χ1) is 15.8. The van der Waals surface area contributed by atoms with Crippen molar-refractivity contribution < 1.29 is 37.9 Å². The second-order valence-corrected chi connectivity index (χ2v) is 6.80. The van der Waals surface area contributed by atoms with E-state index in [1.807, 2.05) is 36.4 Å². The highest BCUT2D eigenvalue weighted by molar-refractivity contribution is 5.85. The van der Waals surface area contributed by atoms with E-state index < -0.39 is 0 Å². The zero-order valence-electron chi connectivity index (χ0n) is 19.2. The molecule has 2 aromatic rings. The van der Waals surface area contributed by atoms with Crippen LogP contribution in [0.1, 0.15) is 0 Å². The fourth-order valence-corrected chi connectivity index (χ4v) is 2.75. The van der Waals surface area contributed by atoms with E-state index in [1.54, 1.807) is 14.2 Å². The zero-order chi connectivity index (χ0) is 22.7. The summed E-state index contributed by atoms with van der Waals surface area (Å²) < 4.78 is 43.0. The van der Waals surface area contributed by atoms with E-state index in [9.17, 15) is 0 Å². The van der Waals surface area contributed by atoms with Crippen molar-refractivity contribution in [2.24, 2.45) is 0 Å². The van der Waals surface area contributed by atoms with E-state index in [1.165, 1.54) is 0 Å². The summed E-state index contributed by atoms with van der Waals surface area (Å²) in [6.45, 7) is 6.56. The average Bonchev–Trinajstić information content (AvgIpc) is 2.82. The number of fused-ring (bicyclic) bond motifs is 1. The minimum Gasteiger partial charge on any atom is -0.491 e. The van der Waals surface area contributed by atoms with Crippen LogP contribution in [0.2, 0.25) is 0 Å². The molecule has 0 spiro atoms. The Morgan fingerprint density at radius 1 is 0.438 bits per heavy atom. The summed E-state index contributed by atoms with van der Waals surface area (Å²) in [5, 5.41) is 2.18. The molecule has 2 rings (SSSR count). The number of benzene rings is 2. The van der Waals surface area contributed by atoms with Crippen molar-refractivity contribution in [2.75, 3.05) is 93.5 Å². The molecule has 0 saturated carbocycles. The summed E-state index contributed by atoms with van der Waals surface area (Å²) in [5.74, 6) is 1.62. The van der Waals surface area contributed by atoms with Gasteiger partial charge in [-0.05, 0) is 35.0 Å². The molecule has 0 heterocycles. The highest BCUT2D eigenvalue weighted by atomic mass is 16.6. The molecule has 0 aromatic heterocycles. The van der Waals surface area contributed by atoms with E-state index in [-0.39, 0.29) is 0 Å². The third-order valence-electron chi connectivity index (χ3n) is 4.38. The molecule has 0 fully saturated rings. The first-order valence-corrected chi connectivity index (χ1v) is 10.9. The van der Waals surface area contributed by atoms with Crippen molar-refractivity contribution in [3.8, 4) is 11.5 Å². The maximum Gasteiger partial charge on any atom is 0.120 e. The summed E-state index contributed by atoms with van der Waals surface area (Å²) >= 11 is 0. The predicted molar refractivity (Wildman–Crippen MR) is 122 cm³/mol. The molecule has 0 aliphatic heterocycles. The maximum atomic E-state index is 5.77. The van der Waals surface area contributed by atoms with Gasteiger partial charge >= 0.3 is 0 Å². The third-order valence-corrected chi connectivity index (χ3v) is 4.38. The van der Waals surface area contributed by atoms with Crippen LogP contribution in [0.4, 0.5) is 0 Å². The first-order valence-electron chi connectivity index (χ1n) is 10.9. The van der Waals surface area contributed by atoms with Crippen LogP contribution in [-0.4, -0.2) is 93.5 Å². The lowest BCUT2D eigenvalue weighted by Gasteiger charge is -2.10. The van der Waals surface area contributed by atoms with Crippen molar-refractivity contribution in [1.82, 2.24) is 0 Å². The number of hydrogen-bond donors (Lipinski definition) is 0. The summed E-state index contributed by atoms with van der Waals surface area (Å²) in [5.41, 5.74) is 0. The Hall–Kier alpha value is -1.94. The van der Waals surface area contributed by atoms with Crippen LogP contribution in [0, 0.1) is 0 Å². The van der Waals surface area contributed by atoms with Gasteiger partial charge in [0.05, 0.1) is 66.1 Å². The highest BCUT2D eigenvalue weighted by Crippen LogP contribution is 2.25. The lowest BCUT2D eigenvalue weighted by Crippen LogP contribution is -2.12. The SMILES string of the molecule is COCCOCCOCCOc1ccc2cc(OCCOCCOCCOC)ccc2c1. The van der Waals surface area contributed by atoms with E-state index in [0.717, 1.165) is 22.3 Å². The van der Waals surface area contributed by atoms with Gasteiger partial charge in [-0.3, -0.25) is 0 Å². The minimum absolute atomic E-state index is 0.488. The lowest BCUT2D eigenvalue weighted by molar-refractivity contribution is 0.0179. The topological polar surface area (TPSA) is 73.8 Å². The maximum absolute atomic E-state index is 5.77. The quantitative estimate of drug-likeness (QED) is 0.284. The summed E-state index contributed by atoms with van der Waals surface area (Å²) in [6, 6.07) is 12.0. The van der Waals surface area contributed by atoms with Gasteiger partial charge < -0.3 is 37.9 Å². The third kappa shape index (κ3) is 11.6. The molecule has 0 radical (unpaired) electrons. The fourth-order valence-electron chi connectivity index (χ4n) is 2.75. The molecule has 180 valence electrons. The van der Waals surface area contributed by atoms with Crippen LogP contribution < -0.4 is 9.47 Å². The van der Waals surface area contributed by atoms with Crippen molar-refractivity contribution >= 4 is 10.8 Å². The molecular formula is C24H36O8. The second kappa shape index (κ2) is 17.6. The largest absolute Gasteiger partial charge is 0.491 e. The van der Waals surface area contributed by atoms with Gasteiger partial charge in [0, 0.05) is 14.2 Å². The van der Waals surface area contributed by atoms with Gasteiger partial charge in [-0.2, -0.15) is 0 Å². The molecule has 32 heavy (non-hydrogen) atoms. The van der Waals surface area contributed by atoms with E-state index >= 15 is 0 Å². The van der Waals surface area contributed by atoms with Gasteiger partial charge in [0.1, 0.15) is 24.7 Å². The lowest BCUT2D eigenvalue weighted by atomic mass is 10.1. The summed E-state index contributed by atoms with van der Waals surface area (Å²) in [4.78, 5) is 0. The Labute approximate surface area is 190 Å². The van der Waals surface area contributed by atoms with Crippen molar-refractivity contribution in [3.05, 3.63) is 36.4 Å². The summed E-state index contributed by atoms with van der Waals surface area (Å²) in [7, 11) is 3.30. The molecule has 8 heteroatoms. The Morgan fingerprint density at radius 2 is 0.781 bits per heavy atom. The number of rotatable bonds is 20. The van der Waals surface area contributed by atoms with Gasteiger partial charge in [0.15, 0.2) is 0 Å². The van der Waals surface area contributed by atoms with Gasteiger partial charge in [-0.15, -0.1) is 0 Å². The first kappa shape index (κ1) is 26.3. The summed E-state index contributed by atoms with van der Waals surface area (Å²) in [6.07, 6.45) is 0. The molecule has 0 saturated heterocycles. The van der Waals surface area contributed by atoms with Crippen molar-refractivity contribution in [3.63, 3.8) is 0 Å². The minimum atomic E-state index is 0.488. The number of hydrogen-bond acceptors (Lipinski definition) is 8.